The summed E-state index contributed by atoms with van der Waals surface area (Å²) in [6, 6.07) is 13.2. The van der Waals surface area contributed by atoms with Crippen LogP contribution < -0.4 is 4.74 Å². The lowest BCUT2D eigenvalue weighted by molar-refractivity contribution is -0.144. The van der Waals surface area contributed by atoms with Crippen LogP contribution >= 0.6 is 0 Å². The minimum absolute atomic E-state index is 0.232. The van der Waals surface area contributed by atoms with E-state index >= 15 is 0 Å². The first-order valence-corrected chi connectivity index (χ1v) is 8.55. The topological polar surface area (TPSA) is 68.4 Å². The maximum absolute atomic E-state index is 12.4. The molecular weight excluding hydrogens is 330 g/mol. The molecule has 0 unspecified atom stereocenters. The van der Waals surface area contributed by atoms with E-state index in [4.69, 9.17) is 9.47 Å². The van der Waals surface area contributed by atoms with Gasteiger partial charge >= 0.3 is 5.97 Å². The molecule has 0 aliphatic heterocycles. The summed E-state index contributed by atoms with van der Waals surface area (Å²) < 4.78 is 10.4. The van der Waals surface area contributed by atoms with Gasteiger partial charge in [0.05, 0.1) is 0 Å². The Morgan fingerprint density at radius 1 is 1.08 bits per heavy atom. The zero-order valence-electron chi connectivity index (χ0n) is 14.9. The third-order valence-electron chi connectivity index (χ3n) is 4.19. The van der Waals surface area contributed by atoms with Gasteiger partial charge in [0.1, 0.15) is 5.75 Å². The number of aromatic nitrogens is 1. The minimum atomic E-state index is -0.575. The average molecular weight is 351 g/mol. The van der Waals surface area contributed by atoms with Crippen LogP contribution in [0.25, 0.3) is 10.9 Å². The van der Waals surface area contributed by atoms with Crippen molar-refractivity contribution in [2.75, 3.05) is 13.2 Å². The highest BCUT2D eigenvalue weighted by Gasteiger charge is 2.15. The standard InChI is InChI=1S/C21H21NO4/c1-3-15-7-5-9-17-18(11-22-21(15)17)19(23)12-26-20(24)13-25-16-8-4-6-14(2)10-16/h4-11,22H,3,12-13H2,1-2H3. The monoisotopic (exact) mass is 351 g/mol. The molecule has 0 bridgehead atoms. The second-order valence-electron chi connectivity index (χ2n) is 6.08. The van der Waals surface area contributed by atoms with Gasteiger partial charge in [-0.25, -0.2) is 4.79 Å². The van der Waals surface area contributed by atoms with Crippen LogP contribution in [0.3, 0.4) is 0 Å². The number of carbonyl (C=O) groups is 2. The Kier molecular flexibility index (Phi) is 5.37. The molecule has 1 N–H and O–H groups in total. The van der Waals surface area contributed by atoms with Gasteiger partial charge in [0.25, 0.3) is 0 Å². The van der Waals surface area contributed by atoms with E-state index in [9.17, 15) is 9.59 Å². The van der Waals surface area contributed by atoms with Crippen molar-refractivity contribution in [3.8, 4) is 5.75 Å². The summed E-state index contributed by atoms with van der Waals surface area (Å²) in [6.07, 6.45) is 2.54. The number of ether oxygens (including phenoxy) is 2. The summed E-state index contributed by atoms with van der Waals surface area (Å²) in [6.45, 7) is 3.46. The van der Waals surface area contributed by atoms with Crippen LogP contribution in [0.4, 0.5) is 0 Å². The number of fused-ring (bicyclic) bond motifs is 1. The molecule has 0 amide bonds. The zero-order valence-corrected chi connectivity index (χ0v) is 14.9. The molecular formula is C21H21NO4. The van der Waals surface area contributed by atoms with E-state index in [1.54, 1.807) is 12.3 Å². The van der Waals surface area contributed by atoms with Gasteiger partial charge in [-0.05, 0) is 36.6 Å². The molecule has 1 aromatic heterocycles. The molecule has 0 fully saturated rings. The Labute approximate surface area is 151 Å². The summed E-state index contributed by atoms with van der Waals surface area (Å²) in [5, 5.41) is 0.849. The number of benzene rings is 2. The Bertz CT molecular complexity index is 942. The van der Waals surface area contributed by atoms with E-state index in [-0.39, 0.29) is 19.0 Å². The molecule has 0 spiro atoms. The van der Waals surface area contributed by atoms with Gasteiger partial charge < -0.3 is 14.5 Å². The number of rotatable bonds is 7. The summed E-state index contributed by atoms with van der Waals surface area (Å²) >= 11 is 0. The van der Waals surface area contributed by atoms with Crippen molar-refractivity contribution in [2.45, 2.75) is 20.3 Å². The summed E-state index contributed by atoms with van der Waals surface area (Å²) in [5.41, 5.74) is 3.66. The van der Waals surface area contributed by atoms with Gasteiger partial charge in [-0.2, -0.15) is 0 Å². The number of hydrogen-bond donors (Lipinski definition) is 1. The Morgan fingerprint density at radius 2 is 1.88 bits per heavy atom. The lowest BCUT2D eigenvalue weighted by atomic mass is 10.1. The SMILES string of the molecule is CCc1cccc2c(C(=O)COC(=O)COc3cccc(C)c3)c[nH]c12. The van der Waals surface area contributed by atoms with Crippen LogP contribution in [0.2, 0.25) is 0 Å². The number of nitrogens with one attached hydrogen (secondary N) is 1. The molecule has 0 saturated carbocycles. The average Bonchev–Trinajstić information content (AvgIpc) is 3.08. The van der Waals surface area contributed by atoms with Crippen LogP contribution in [-0.2, 0) is 16.0 Å². The fourth-order valence-electron chi connectivity index (χ4n) is 2.86. The smallest absolute Gasteiger partial charge is 0.344 e. The molecule has 2 aromatic carbocycles. The van der Waals surface area contributed by atoms with Crippen molar-refractivity contribution in [1.82, 2.24) is 4.98 Å². The van der Waals surface area contributed by atoms with Crippen molar-refractivity contribution in [1.29, 1.82) is 0 Å². The highest BCUT2D eigenvalue weighted by atomic mass is 16.6. The van der Waals surface area contributed by atoms with Crippen molar-refractivity contribution < 1.29 is 19.1 Å². The van der Waals surface area contributed by atoms with Crippen LogP contribution in [0.1, 0.15) is 28.4 Å². The van der Waals surface area contributed by atoms with E-state index in [0.717, 1.165) is 28.5 Å². The lowest BCUT2D eigenvalue weighted by Gasteiger charge is -2.07. The van der Waals surface area contributed by atoms with Crippen molar-refractivity contribution in [2.24, 2.45) is 0 Å². The normalized spacial score (nSPS) is 10.7. The van der Waals surface area contributed by atoms with Crippen molar-refractivity contribution >= 4 is 22.7 Å². The highest BCUT2D eigenvalue weighted by molar-refractivity contribution is 6.09. The Balaban J connectivity index is 1.58. The van der Waals surface area contributed by atoms with E-state index in [1.807, 2.05) is 43.3 Å². The zero-order chi connectivity index (χ0) is 18.5. The predicted molar refractivity (Wildman–Crippen MR) is 99.6 cm³/mol. The largest absolute Gasteiger partial charge is 0.482 e. The number of hydrogen-bond acceptors (Lipinski definition) is 4. The molecule has 0 saturated heterocycles. The molecule has 0 aliphatic rings. The van der Waals surface area contributed by atoms with Gasteiger partial charge in [-0.1, -0.05) is 37.3 Å². The molecule has 0 radical (unpaired) electrons. The van der Waals surface area contributed by atoms with Gasteiger partial charge in [-0.15, -0.1) is 0 Å². The Morgan fingerprint density at radius 3 is 2.65 bits per heavy atom. The first-order chi connectivity index (χ1) is 12.6. The van der Waals surface area contributed by atoms with E-state index in [0.29, 0.717) is 11.3 Å². The van der Waals surface area contributed by atoms with E-state index in [1.165, 1.54) is 0 Å². The van der Waals surface area contributed by atoms with E-state index < -0.39 is 5.97 Å². The third-order valence-corrected chi connectivity index (χ3v) is 4.19. The quantitative estimate of drug-likeness (QED) is 0.519. The van der Waals surface area contributed by atoms with Crippen LogP contribution in [-0.4, -0.2) is 30.0 Å². The van der Waals surface area contributed by atoms with Crippen molar-refractivity contribution in [3.63, 3.8) is 0 Å². The highest BCUT2D eigenvalue weighted by Crippen LogP contribution is 2.22. The molecule has 3 rings (SSSR count). The van der Waals surface area contributed by atoms with Crippen LogP contribution in [0.5, 0.6) is 5.75 Å². The van der Waals surface area contributed by atoms with Crippen LogP contribution in [0, 0.1) is 6.92 Å². The first kappa shape index (κ1) is 17.7. The molecule has 26 heavy (non-hydrogen) atoms. The second kappa shape index (κ2) is 7.87. The lowest BCUT2D eigenvalue weighted by Crippen LogP contribution is -2.19. The van der Waals surface area contributed by atoms with Gasteiger partial charge in [0.15, 0.2) is 13.2 Å². The molecule has 0 atom stereocenters. The number of ketones is 1. The van der Waals surface area contributed by atoms with Gasteiger partial charge in [0, 0.05) is 22.7 Å². The molecule has 5 heteroatoms. The number of Topliss-reactive ketones (excluding diaryl/α,β-unsaturated/α-hetero) is 1. The molecule has 1 heterocycles. The maximum atomic E-state index is 12.4. The minimum Gasteiger partial charge on any atom is -0.482 e. The maximum Gasteiger partial charge on any atom is 0.344 e. The number of carbonyl (C=O) groups excluding carboxylic acids is 2. The molecule has 134 valence electrons. The Hall–Kier alpha value is -3.08. The second-order valence-corrected chi connectivity index (χ2v) is 6.08. The molecule has 0 aliphatic carbocycles. The third kappa shape index (κ3) is 3.94. The predicted octanol–water partition coefficient (Wildman–Crippen LogP) is 3.84. The van der Waals surface area contributed by atoms with E-state index in [2.05, 4.69) is 11.9 Å². The summed E-state index contributed by atoms with van der Waals surface area (Å²) in [7, 11) is 0. The summed E-state index contributed by atoms with van der Waals surface area (Å²) in [5.74, 6) is -0.223. The van der Waals surface area contributed by atoms with Crippen molar-refractivity contribution in [3.05, 3.63) is 65.4 Å². The number of esters is 1. The fourth-order valence-corrected chi connectivity index (χ4v) is 2.86. The number of aromatic amines is 1. The number of aryl methyl sites for hydroxylation is 2. The first-order valence-electron chi connectivity index (χ1n) is 8.55. The molecule has 3 aromatic rings. The number of H-pyrrole nitrogens is 1. The number of para-hydroxylation sites is 1. The summed E-state index contributed by atoms with van der Waals surface area (Å²) in [4.78, 5) is 27.4. The van der Waals surface area contributed by atoms with Gasteiger partial charge in [-0.3, -0.25) is 4.79 Å². The fraction of sp³-hybridized carbons (Fsp3) is 0.238. The van der Waals surface area contributed by atoms with Crippen LogP contribution in [0.15, 0.2) is 48.7 Å². The molecule has 5 nitrogen and oxygen atoms in total. The van der Waals surface area contributed by atoms with Gasteiger partial charge in [0.2, 0.25) is 5.78 Å².